The van der Waals surface area contributed by atoms with Crippen LogP contribution in [0.5, 0.6) is 5.75 Å². The molecule has 2 amide bonds. The van der Waals surface area contributed by atoms with Crippen LogP contribution >= 0.6 is 0 Å². The van der Waals surface area contributed by atoms with E-state index in [1.54, 1.807) is 23.1 Å². The third kappa shape index (κ3) is 8.02. The highest BCUT2D eigenvalue weighted by molar-refractivity contribution is 5.99. The van der Waals surface area contributed by atoms with Crippen LogP contribution in [0.3, 0.4) is 0 Å². The van der Waals surface area contributed by atoms with Gasteiger partial charge in [0.25, 0.3) is 5.91 Å². The first-order chi connectivity index (χ1) is 18.8. The summed E-state index contributed by atoms with van der Waals surface area (Å²) in [6, 6.07) is 15.2. The number of carbonyl (C=O) groups is 2. The van der Waals surface area contributed by atoms with Crippen molar-refractivity contribution < 1.29 is 24.2 Å². The number of likely N-dealkylation sites (N-methyl/N-ethyl adjacent to an activating group) is 1. The van der Waals surface area contributed by atoms with E-state index in [1.165, 1.54) is 5.56 Å². The number of amides is 2. The van der Waals surface area contributed by atoms with Gasteiger partial charge in [-0.2, -0.15) is 0 Å². The quantitative estimate of drug-likeness (QED) is 0.480. The third-order valence-electron chi connectivity index (χ3n) is 7.49. The predicted octanol–water partition coefficient (Wildman–Crippen LogP) is 2.70. The number of hydrogen-bond acceptors (Lipinski definition) is 7. The van der Waals surface area contributed by atoms with E-state index < -0.39 is 0 Å². The molecular weight excluding hydrogens is 496 g/mol. The Balaban J connectivity index is 1.50. The number of aliphatic hydroxyl groups is 1. The summed E-state index contributed by atoms with van der Waals surface area (Å²) >= 11 is 0. The summed E-state index contributed by atoms with van der Waals surface area (Å²) in [5.41, 5.74) is 2.17. The molecule has 9 heteroatoms. The number of rotatable bonds is 10. The first-order valence-electron chi connectivity index (χ1n) is 13.9. The Morgan fingerprint density at radius 2 is 1.92 bits per heavy atom. The molecule has 0 spiro atoms. The molecule has 9 nitrogen and oxygen atoms in total. The number of morpholine rings is 1. The van der Waals surface area contributed by atoms with E-state index in [-0.39, 0.29) is 36.5 Å². The van der Waals surface area contributed by atoms with E-state index >= 15 is 0 Å². The Labute approximate surface area is 231 Å². The molecule has 39 heavy (non-hydrogen) atoms. The smallest absolute Gasteiger partial charge is 0.258 e. The van der Waals surface area contributed by atoms with Crippen LogP contribution < -0.4 is 10.1 Å². The highest BCUT2D eigenvalue weighted by Gasteiger charge is 2.33. The van der Waals surface area contributed by atoms with Gasteiger partial charge in [0.2, 0.25) is 5.91 Å². The van der Waals surface area contributed by atoms with Gasteiger partial charge in [0.15, 0.2) is 0 Å². The average molecular weight is 539 g/mol. The molecule has 0 radical (unpaired) electrons. The SMILES string of the molecule is C[C@H](CO)N1C[C@H](C)[C@@H](CN(C)Cc2ccccc2)Oc2ccc(NC(=O)CCN3CCOCC3)cc2C1=O. The van der Waals surface area contributed by atoms with Gasteiger partial charge >= 0.3 is 0 Å². The maximum absolute atomic E-state index is 13.7. The third-order valence-corrected chi connectivity index (χ3v) is 7.49. The molecule has 0 saturated carbocycles. The summed E-state index contributed by atoms with van der Waals surface area (Å²) in [6.07, 6.45) is 0.190. The fourth-order valence-corrected chi connectivity index (χ4v) is 5.09. The Morgan fingerprint density at radius 1 is 1.18 bits per heavy atom. The molecule has 1 saturated heterocycles. The van der Waals surface area contributed by atoms with Crippen LogP contribution in [-0.4, -0.2) is 103 Å². The normalized spacial score (nSPS) is 21.1. The van der Waals surface area contributed by atoms with E-state index in [1.807, 2.05) is 25.1 Å². The Bertz CT molecular complexity index is 1090. The van der Waals surface area contributed by atoms with Crippen molar-refractivity contribution in [2.24, 2.45) is 5.92 Å². The zero-order chi connectivity index (χ0) is 27.8. The zero-order valence-electron chi connectivity index (χ0n) is 23.3. The van der Waals surface area contributed by atoms with E-state index in [2.05, 4.69) is 41.2 Å². The second kappa shape index (κ2) is 13.9. The molecule has 0 unspecified atom stereocenters. The first kappa shape index (κ1) is 29.0. The topological polar surface area (TPSA) is 94.6 Å². The standard InChI is InChI=1S/C30H42N4O5/c1-22-18-34(23(2)21-35)30(37)26-17-25(31-29(36)11-12-33-13-15-38-16-14-33)9-10-27(26)39-28(22)20-32(3)19-24-7-5-4-6-8-24/h4-10,17,22-23,28,35H,11-16,18-21H2,1-3H3,(H,31,36)/t22-,23+,28+/m0/s1. The fourth-order valence-electron chi connectivity index (χ4n) is 5.09. The average Bonchev–Trinajstić information content (AvgIpc) is 2.94. The number of benzene rings is 2. The molecule has 0 bridgehead atoms. The number of aliphatic hydroxyl groups excluding tert-OH is 1. The van der Waals surface area contributed by atoms with Gasteiger partial charge < -0.3 is 24.8 Å². The van der Waals surface area contributed by atoms with Crippen LogP contribution in [0.4, 0.5) is 5.69 Å². The van der Waals surface area contributed by atoms with Crippen molar-refractivity contribution in [3.05, 3.63) is 59.7 Å². The van der Waals surface area contributed by atoms with Gasteiger partial charge in [0.1, 0.15) is 11.9 Å². The molecule has 0 aromatic heterocycles. The number of anilines is 1. The number of ether oxygens (including phenoxy) is 2. The molecule has 2 aliphatic heterocycles. The lowest BCUT2D eigenvalue weighted by molar-refractivity contribution is -0.116. The second-order valence-electron chi connectivity index (χ2n) is 10.8. The predicted molar refractivity (Wildman–Crippen MR) is 151 cm³/mol. The summed E-state index contributed by atoms with van der Waals surface area (Å²) < 4.78 is 11.9. The van der Waals surface area contributed by atoms with Crippen molar-refractivity contribution in [2.75, 3.05) is 64.9 Å². The lowest BCUT2D eigenvalue weighted by Gasteiger charge is -2.38. The van der Waals surface area contributed by atoms with Gasteiger partial charge in [-0.1, -0.05) is 37.3 Å². The molecule has 1 fully saturated rings. The Kier molecular flexibility index (Phi) is 10.3. The molecule has 4 rings (SSSR count). The monoisotopic (exact) mass is 538 g/mol. The molecular formula is C30H42N4O5. The lowest BCUT2D eigenvalue weighted by atomic mass is 9.99. The fraction of sp³-hybridized carbons (Fsp3) is 0.533. The van der Waals surface area contributed by atoms with Crippen molar-refractivity contribution in [3.63, 3.8) is 0 Å². The largest absolute Gasteiger partial charge is 0.488 e. The molecule has 2 aliphatic rings. The van der Waals surface area contributed by atoms with Gasteiger partial charge in [-0.25, -0.2) is 0 Å². The van der Waals surface area contributed by atoms with Crippen molar-refractivity contribution in [1.29, 1.82) is 0 Å². The molecule has 2 aromatic rings. The molecule has 2 aromatic carbocycles. The minimum absolute atomic E-state index is 0.0360. The number of nitrogens with one attached hydrogen (secondary N) is 1. The van der Waals surface area contributed by atoms with Crippen LogP contribution in [0.15, 0.2) is 48.5 Å². The summed E-state index contributed by atoms with van der Waals surface area (Å²) in [5, 5.41) is 12.9. The highest BCUT2D eigenvalue weighted by atomic mass is 16.5. The van der Waals surface area contributed by atoms with Crippen LogP contribution in [0.2, 0.25) is 0 Å². The van der Waals surface area contributed by atoms with Crippen molar-refractivity contribution in [3.8, 4) is 5.75 Å². The maximum Gasteiger partial charge on any atom is 0.258 e. The van der Waals surface area contributed by atoms with Crippen molar-refractivity contribution in [2.45, 2.75) is 39.0 Å². The number of carbonyl (C=O) groups excluding carboxylic acids is 2. The number of fused-ring (bicyclic) bond motifs is 1. The van der Waals surface area contributed by atoms with Gasteiger partial charge in [-0.15, -0.1) is 0 Å². The minimum atomic E-state index is -0.347. The molecule has 0 aliphatic carbocycles. The van der Waals surface area contributed by atoms with Crippen molar-refractivity contribution >= 4 is 17.5 Å². The van der Waals surface area contributed by atoms with Crippen LogP contribution in [0.1, 0.15) is 36.2 Å². The summed E-state index contributed by atoms with van der Waals surface area (Å²) in [5.74, 6) is 0.217. The maximum atomic E-state index is 13.7. The van der Waals surface area contributed by atoms with E-state index in [4.69, 9.17) is 9.47 Å². The zero-order valence-corrected chi connectivity index (χ0v) is 23.3. The second-order valence-corrected chi connectivity index (χ2v) is 10.8. The molecule has 2 N–H and O–H groups in total. The van der Waals surface area contributed by atoms with Gasteiger partial charge in [0, 0.05) is 57.3 Å². The van der Waals surface area contributed by atoms with E-state index in [0.29, 0.717) is 56.3 Å². The summed E-state index contributed by atoms with van der Waals surface area (Å²) in [4.78, 5) is 32.5. The highest BCUT2D eigenvalue weighted by Crippen LogP contribution is 2.31. The van der Waals surface area contributed by atoms with Crippen LogP contribution in [0.25, 0.3) is 0 Å². The molecule has 2 heterocycles. The van der Waals surface area contributed by atoms with Gasteiger partial charge in [-0.3, -0.25) is 19.4 Å². The molecule has 212 valence electrons. The van der Waals surface area contributed by atoms with Gasteiger partial charge in [0.05, 0.1) is 31.4 Å². The minimum Gasteiger partial charge on any atom is -0.488 e. The molecule has 3 atom stereocenters. The van der Waals surface area contributed by atoms with Crippen LogP contribution in [0, 0.1) is 5.92 Å². The first-order valence-corrected chi connectivity index (χ1v) is 13.9. The number of nitrogens with zero attached hydrogens (tertiary/aromatic N) is 3. The van der Waals surface area contributed by atoms with E-state index in [0.717, 1.165) is 19.6 Å². The Hall–Kier alpha value is -2.98. The van der Waals surface area contributed by atoms with Gasteiger partial charge in [-0.05, 0) is 37.7 Å². The van der Waals surface area contributed by atoms with E-state index in [9.17, 15) is 14.7 Å². The van der Waals surface area contributed by atoms with Crippen molar-refractivity contribution in [1.82, 2.24) is 14.7 Å². The summed E-state index contributed by atoms with van der Waals surface area (Å²) in [6.45, 7) is 9.42. The Morgan fingerprint density at radius 3 is 2.64 bits per heavy atom. The summed E-state index contributed by atoms with van der Waals surface area (Å²) in [7, 11) is 2.07. The number of hydrogen-bond donors (Lipinski definition) is 2. The van der Waals surface area contributed by atoms with Crippen LogP contribution in [-0.2, 0) is 16.1 Å². The lowest BCUT2D eigenvalue weighted by Crippen LogP contribution is -2.49.